The third-order valence-corrected chi connectivity index (χ3v) is 3.83. The molecular formula is C14H9BrClFO. The van der Waals surface area contributed by atoms with Gasteiger partial charge < -0.3 is 0 Å². The van der Waals surface area contributed by atoms with E-state index in [1.54, 1.807) is 37.3 Å². The summed E-state index contributed by atoms with van der Waals surface area (Å²) in [6.45, 7) is 1.66. The first-order valence-corrected chi connectivity index (χ1v) is 6.42. The molecule has 0 heterocycles. The smallest absolute Gasteiger partial charge is 0.193 e. The summed E-state index contributed by atoms with van der Waals surface area (Å²) in [5, 5.41) is 0.529. The summed E-state index contributed by atoms with van der Waals surface area (Å²) in [4.78, 5) is 12.1. The van der Waals surface area contributed by atoms with Crippen molar-refractivity contribution < 1.29 is 9.18 Å². The Hall–Kier alpha value is -1.19. The summed E-state index contributed by atoms with van der Waals surface area (Å²) < 4.78 is 14.1. The van der Waals surface area contributed by atoms with E-state index >= 15 is 0 Å². The summed E-state index contributed by atoms with van der Waals surface area (Å²) in [6.07, 6.45) is 0. The van der Waals surface area contributed by atoms with Gasteiger partial charge in [-0.15, -0.1) is 0 Å². The zero-order chi connectivity index (χ0) is 13.3. The molecule has 0 aliphatic carbocycles. The minimum atomic E-state index is -0.381. The van der Waals surface area contributed by atoms with Gasteiger partial charge in [0.25, 0.3) is 0 Å². The van der Waals surface area contributed by atoms with Crippen molar-refractivity contribution in [2.75, 3.05) is 0 Å². The van der Waals surface area contributed by atoms with Crippen LogP contribution in [-0.2, 0) is 0 Å². The number of carbonyl (C=O) groups is 1. The van der Waals surface area contributed by atoms with E-state index in [0.29, 0.717) is 26.2 Å². The minimum absolute atomic E-state index is 0.230. The molecule has 0 aliphatic heterocycles. The normalized spacial score (nSPS) is 10.4. The number of hydrogen-bond donors (Lipinski definition) is 0. The molecular weight excluding hydrogens is 319 g/mol. The largest absolute Gasteiger partial charge is 0.289 e. The zero-order valence-corrected chi connectivity index (χ0v) is 11.8. The highest BCUT2D eigenvalue weighted by atomic mass is 79.9. The van der Waals surface area contributed by atoms with Crippen LogP contribution in [0.5, 0.6) is 0 Å². The van der Waals surface area contributed by atoms with Crippen LogP contribution in [0.4, 0.5) is 4.39 Å². The number of carbonyl (C=O) groups excluding carboxylic acids is 1. The van der Waals surface area contributed by atoms with Gasteiger partial charge in [-0.25, -0.2) is 4.39 Å². The molecule has 0 atom stereocenters. The van der Waals surface area contributed by atoms with E-state index in [0.717, 1.165) is 0 Å². The number of hydrogen-bond acceptors (Lipinski definition) is 1. The highest BCUT2D eigenvalue weighted by molar-refractivity contribution is 9.10. The second-order valence-electron chi connectivity index (χ2n) is 3.92. The maximum absolute atomic E-state index is 13.4. The van der Waals surface area contributed by atoms with Crippen molar-refractivity contribution in [1.82, 2.24) is 0 Å². The number of rotatable bonds is 2. The van der Waals surface area contributed by atoms with E-state index in [1.165, 1.54) is 6.07 Å². The molecule has 0 unspecified atom stereocenters. The van der Waals surface area contributed by atoms with Gasteiger partial charge in [-0.2, -0.15) is 0 Å². The molecule has 0 amide bonds. The Kier molecular flexibility index (Phi) is 3.83. The van der Waals surface area contributed by atoms with Crippen LogP contribution >= 0.6 is 27.5 Å². The average Bonchev–Trinajstić information content (AvgIpc) is 2.35. The summed E-state index contributed by atoms with van der Waals surface area (Å²) in [7, 11) is 0. The molecule has 0 fully saturated rings. The summed E-state index contributed by atoms with van der Waals surface area (Å²) >= 11 is 9.11. The molecule has 0 saturated heterocycles. The lowest BCUT2D eigenvalue weighted by atomic mass is 10.0. The number of aryl methyl sites for hydroxylation is 1. The quantitative estimate of drug-likeness (QED) is 0.725. The third-order valence-electron chi connectivity index (χ3n) is 2.62. The third kappa shape index (κ3) is 2.62. The van der Waals surface area contributed by atoms with Crippen LogP contribution in [0.25, 0.3) is 0 Å². The van der Waals surface area contributed by atoms with Crippen LogP contribution in [-0.4, -0.2) is 5.78 Å². The highest BCUT2D eigenvalue weighted by Gasteiger charge is 2.12. The van der Waals surface area contributed by atoms with Gasteiger partial charge in [-0.1, -0.05) is 23.7 Å². The lowest BCUT2D eigenvalue weighted by molar-refractivity contribution is 0.103. The number of ketones is 1. The second-order valence-corrected chi connectivity index (χ2v) is 5.18. The van der Waals surface area contributed by atoms with Crippen molar-refractivity contribution >= 4 is 33.3 Å². The average molecular weight is 328 g/mol. The minimum Gasteiger partial charge on any atom is -0.289 e. The Labute approximate surface area is 118 Å². The van der Waals surface area contributed by atoms with Crippen LogP contribution in [0.3, 0.4) is 0 Å². The van der Waals surface area contributed by atoms with Gasteiger partial charge in [-0.05, 0) is 52.7 Å². The van der Waals surface area contributed by atoms with Crippen molar-refractivity contribution in [1.29, 1.82) is 0 Å². The highest BCUT2D eigenvalue weighted by Crippen LogP contribution is 2.24. The lowest BCUT2D eigenvalue weighted by Gasteiger charge is -2.04. The molecule has 2 rings (SSSR count). The van der Waals surface area contributed by atoms with E-state index in [1.807, 2.05) is 0 Å². The molecule has 2 aromatic carbocycles. The van der Waals surface area contributed by atoms with Gasteiger partial charge in [0.2, 0.25) is 0 Å². The molecule has 0 N–H and O–H groups in total. The van der Waals surface area contributed by atoms with Crippen molar-refractivity contribution in [3.05, 3.63) is 68.4 Å². The summed E-state index contributed by atoms with van der Waals surface area (Å²) in [5.41, 5.74) is 1.31. The number of benzene rings is 2. The molecule has 0 spiro atoms. The van der Waals surface area contributed by atoms with E-state index in [9.17, 15) is 9.18 Å². The second kappa shape index (κ2) is 5.21. The van der Waals surface area contributed by atoms with Gasteiger partial charge in [0.1, 0.15) is 5.82 Å². The van der Waals surface area contributed by atoms with E-state index in [-0.39, 0.29) is 11.6 Å². The van der Waals surface area contributed by atoms with Crippen LogP contribution < -0.4 is 0 Å². The van der Waals surface area contributed by atoms with Gasteiger partial charge in [0.05, 0.1) is 5.02 Å². The standard InChI is InChI=1S/C14H9BrClFO/c1-8-2-3-10(7-13(8)17)14(18)9-4-5-12(16)11(15)6-9/h2-7H,1H3. The Balaban J connectivity index is 2.41. The molecule has 92 valence electrons. The summed E-state index contributed by atoms with van der Waals surface area (Å²) in [6, 6.07) is 9.33. The Morgan fingerprint density at radius 3 is 2.39 bits per heavy atom. The number of halogens is 3. The van der Waals surface area contributed by atoms with E-state index in [2.05, 4.69) is 15.9 Å². The van der Waals surface area contributed by atoms with Gasteiger partial charge in [-0.3, -0.25) is 4.79 Å². The topological polar surface area (TPSA) is 17.1 Å². The first-order chi connectivity index (χ1) is 8.49. The van der Waals surface area contributed by atoms with Crippen molar-refractivity contribution in [2.45, 2.75) is 6.92 Å². The molecule has 18 heavy (non-hydrogen) atoms. The lowest BCUT2D eigenvalue weighted by Crippen LogP contribution is -2.02. The molecule has 0 radical (unpaired) electrons. The molecule has 0 aromatic heterocycles. The van der Waals surface area contributed by atoms with Gasteiger partial charge >= 0.3 is 0 Å². The van der Waals surface area contributed by atoms with Crippen LogP contribution in [0.2, 0.25) is 5.02 Å². The fraction of sp³-hybridized carbons (Fsp3) is 0.0714. The van der Waals surface area contributed by atoms with Gasteiger partial charge in [0.15, 0.2) is 5.78 Å². The first-order valence-electron chi connectivity index (χ1n) is 5.25. The predicted molar refractivity (Wildman–Crippen MR) is 73.7 cm³/mol. The predicted octanol–water partition coefficient (Wildman–Crippen LogP) is 4.78. The molecule has 4 heteroatoms. The van der Waals surface area contributed by atoms with Gasteiger partial charge in [0, 0.05) is 15.6 Å². The fourth-order valence-electron chi connectivity index (χ4n) is 1.54. The Morgan fingerprint density at radius 2 is 1.78 bits per heavy atom. The van der Waals surface area contributed by atoms with E-state index < -0.39 is 0 Å². The van der Waals surface area contributed by atoms with Crippen molar-refractivity contribution in [3.63, 3.8) is 0 Å². The molecule has 0 aliphatic rings. The molecule has 0 saturated carbocycles. The zero-order valence-electron chi connectivity index (χ0n) is 9.51. The molecule has 1 nitrogen and oxygen atoms in total. The monoisotopic (exact) mass is 326 g/mol. The maximum Gasteiger partial charge on any atom is 0.193 e. The van der Waals surface area contributed by atoms with Crippen LogP contribution in [0, 0.1) is 12.7 Å². The Bertz CT molecular complexity index is 572. The van der Waals surface area contributed by atoms with Crippen LogP contribution in [0.15, 0.2) is 40.9 Å². The van der Waals surface area contributed by atoms with Crippen molar-refractivity contribution in [3.8, 4) is 0 Å². The molecule has 2 aromatic rings. The molecule has 0 bridgehead atoms. The maximum atomic E-state index is 13.4. The van der Waals surface area contributed by atoms with Crippen LogP contribution in [0.1, 0.15) is 21.5 Å². The van der Waals surface area contributed by atoms with Crippen molar-refractivity contribution in [2.24, 2.45) is 0 Å². The SMILES string of the molecule is Cc1ccc(C(=O)c2ccc(Cl)c(Br)c2)cc1F. The Morgan fingerprint density at radius 1 is 1.17 bits per heavy atom. The fourth-order valence-corrected chi connectivity index (χ4v) is 2.03. The van der Waals surface area contributed by atoms with E-state index in [4.69, 9.17) is 11.6 Å². The summed E-state index contributed by atoms with van der Waals surface area (Å²) in [5.74, 6) is -0.611. The first kappa shape index (κ1) is 13.2.